The van der Waals surface area contributed by atoms with Crippen molar-refractivity contribution in [3.63, 3.8) is 0 Å². The molecule has 3 aliphatic heterocycles. The highest BCUT2D eigenvalue weighted by molar-refractivity contribution is 6.01. The number of benzene rings is 1. The van der Waals surface area contributed by atoms with Gasteiger partial charge in [0.05, 0.1) is 31.5 Å². The molecule has 10 nitrogen and oxygen atoms in total. The summed E-state index contributed by atoms with van der Waals surface area (Å²) in [5.41, 5.74) is 4.54. The number of amides is 3. The number of nitrogens with zero attached hydrogens (tertiary/aromatic N) is 4. The standard InChI is InChI=1S/C34H43N5O5/c1-22-7-6-14-39-32(22)27(18-36-39)34(42)37-19-24-16-26(21-37)28-9-4-10-30(40)35-13-5-8-25-15-23(11-12-31(41)38(28)20-24)17-29(43-2)33(25)44-3/h6-7,14-15,17-18,24,26,28H,4-5,8-13,16,19-21H2,1-3H3,(H,35,40)/t24-,26+,28-/m0/s1. The van der Waals surface area contributed by atoms with E-state index in [9.17, 15) is 14.4 Å². The molecule has 44 heavy (non-hydrogen) atoms. The van der Waals surface area contributed by atoms with Gasteiger partial charge in [0.2, 0.25) is 11.8 Å². The third-order valence-corrected chi connectivity index (χ3v) is 9.64. The van der Waals surface area contributed by atoms with Crippen LogP contribution in [0, 0.1) is 18.8 Å². The van der Waals surface area contributed by atoms with Gasteiger partial charge >= 0.3 is 0 Å². The lowest BCUT2D eigenvalue weighted by Gasteiger charge is -2.51. The molecule has 4 bridgehead atoms. The largest absolute Gasteiger partial charge is 0.493 e. The highest BCUT2D eigenvalue weighted by Crippen LogP contribution is 2.38. The fraction of sp³-hybridized carbons (Fsp3) is 0.529. The molecular weight excluding hydrogens is 558 g/mol. The number of aromatic nitrogens is 2. The van der Waals surface area contributed by atoms with Crippen molar-refractivity contribution in [2.45, 2.75) is 64.3 Å². The summed E-state index contributed by atoms with van der Waals surface area (Å²) in [4.78, 5) is 44.5. The molecule has 10 heteroatoms. The lowest BCUT2D eigenvalue weighted by Crippen LogP contribution is -2.60. The molecular formula is C34H43N5O5. The van der Waals surface area contributed by atoms with Gasteiger partial charge in [0.25, 0.3) is 5.91 Å². The van der Waals surface area contributed by atoms with Crippen molar-refractivity contribution in [1.29, 1.82) is 0 Å². The maximum absolute atomic E-state index is 13.9. The van der Waals surface area contributed by atoms with E-state index in [1.54, 1.807) is 24.9 Å². The summed E-state index contributed by atoms with van der Waals surface area (Å²) in [5, 5.41) is 7.50. The van der Waals surface area contributed by atoms with Crippen LogP contribution in [-0.4, -0.2) is 83.6 Å². The van der Waals surface area contributed by atoms with Crippen LogP contribution in [0.2, 0.25) is 0 Å². The van der Waals surface area contributed by atoms with Crippen LogP contribution < -0.4 is 14.8 Å². The number of nitrogens with one attached hydrogen (secondary N) is 1. The molecule has 2 saturated heterocycles. The summed E-state index contributed by atoms with van der Waals surface area (Å²) in [6, 6.07) is 7.99. The predicted molar refractivity (Wildman–Crippen MR) is 166 cm³/mol. The van der Waals surface area contributed by atoms with Crippen molar-refractivity contribution < 1.29 is 23.9 Å². The Hall–Kier alpha value is -4.08. The van der Waals surface area contributed by atoms with Gasteiger partial charge in [0.1, 0.15) is 0 Å². The molecule has 0 aliphatic carbocycles. The van der Waals surface area contributed by atoms with E-state index in [2.05, 4.69) is 21.4 Å². The van der Waals surface area contributed by atoms with Crippen molar-refractivity contribution in [3.8, 4) is 11.5 Å². The summed E-state index contributed by atoms with van der Waals surface area (Å²) < 4.78 is 13.1. The molecule has 2 fully saturated rings. The number of carbonyl (C=O) groups excluding carboxylic acids is 3. The highest BCUT2D eigenvalue weighted by Gasteiger charge is 2.43. The molecule has 0 unspecified atom stereocenters. The smallest absolute Gasteiger partial charge is 0.257 e. The van der Waals surface area contributed by atoms with Gasteiger partial charge < -0.3 is 24.6 Å². The molecule has 0 spiro atoms. The van der Waals surface area contributed by atoms with E-state index in [0.29, 0.717) is 68.9 Å². The van der Waals surface area contributed by atoms with E-state index in [1.807, 2.05) is 36.2 Å². The number of methoxy groups -OCH3 is 2. The zero-order chi connectivity index (χ0) is 30.8. The van der Waals surface area contributed by atoms with Crippen molar-refractivity contribution in [2.24, 2.45) is 11.8 Å². The Morgan fingerprint density at radius 2 is 1.89 bits per heavy atom. The number of piperidine rings is 2. The Balaban J connectivity index is 1.24. The van der Waals surface area contributed by atoms with Crippen LogP contribution in [0.4, 0.5) is 0 Å². The first kappa shape index (κ1) is 30.0. The van der Waals surface area contributed by atoms with Crippen LogP contribution >= 0.6 is 0 Å². The average molecular weight is 602 g/mol. The fourth-order valence-corrected chi connectivity index (χ4v) is 7.61. The Morgan fingerprint density at radius 1 is 1.02 bits per heavy atom. The fourth-order valence-electron chi connectivity index (χ4n) is 7.61. The van der Waals surface area contributed by atoms with Gasteiger partial charge in [-0.05, 0) is 86.1 Å². The van der Waals surface area contributed by atoms with Crippen molar-refractivity contribution in [2.75, 3.05) is 40.4 Å². The molecule has 3 aliphatic rings. The molecule has 1 N–H and O–H groups in total. The number of likely N-dealkylation sites (tertiary alicyclic amines) is 1. The third-order valence-electron chi connectivity index (χ3n) is 9.64. The number of rotatable bonds is 3. The Labute approximate surface area is 258 Å². The topological polar surface area (TPSA) is 105 Å². The van der Waals surface area contributed by atoms with Gasteiger partial charge in [0.15, 0.2) is 11.5 Å². The SMILES string of the molecule is COc1cc2cc(c1OC)CCCNC(=O)CCC[C@H]1[C@@H]3C[C@@H](CN(C(=O)c4cnn5cccc(C)c45)C3)CN1C(=O)CC2. The van der Waals surface area contributed by atoms with E-state index >= 15 is 0 Å². The molecule has 234 valence electrons. The van der Waals surface area contributed by atoms with E-state index in [4.69, 9.17) is 9.47 Å². The van der Waals surface area contributed by atoms with Gasteiger partial charge in [-0.25, -0.2) is 4.52 Å². The molecule has 0 saturated carbocycles. The lowest BCUT2D eigenvalue weighted by molar-refractivity contribution is -0.140. The van der Waals surface area contributed by atoms with Crippen molar-refractivity contribution in [3.05, 3.63) is 58.9 Å². The summed E-state index contributed by atoms with van der Waals surface area (Å²) in [6.07, 6.45) is 8.92. The van der Waals surface area contributed by atoms with Gasteiger partial charge in [-0.3, -0.25) is 14.4 Å². The van der Waals surface area contributed by atoms with Gasteiger partial charge in [0, 0.05) is 51.3 Å². The summed E-state index contributed by atoms with van der Waals surface area (Å²) in [6.45, 7) is 4.43. The van der Waals surface area contributed by atoms with Crippen molar-refractivity contribution in [1.82, 2.24) is 24.7 Å². The number of hydrogen-bond acceptors (Lipinski definition) is 6. The minimum absolute atomic E-state index is 0.000572. The molecule has 0 radical (unpaired) electrons. The maximum Gasteiger partial charge on any atom is 0.257 e. The Bertz CT molecular complexity index is 1550. The highest BCUT2D eigenvalue weighted by atomic mass is 16.5. The third kappa shape index (κ3) is 5.99. The zero-order valence-electron chi connectivity index (χ0n) is 26.0. The zero-order valence-corrected chi connectivity index (χ0v) is 26.0. The van der Waals surface area contributed by atoms with E-state index < -0.39 is 0 Å². The lowest BCUT2D eigenvalue weighted by atomic mass is 9.77. The first-order valence-corrected chi connectivity index (χ1v) is 15.9. The minimum atomic E-state index is -0.0123. The number of hydrogen-bond donors (Lipinski definition) is 1. The summed E-state index contributed by atoms with van der Waals surface area (Å²) in [7, 11) is 3.27. The van der Waals surface area contributed by atoms with Crippen LogP contribution in [0.25, 0.3) is 5.52 Å². The molecule has 3 aromatic rings. The Morgan fingerprint density at radius 3 is 2.70 bits per heavy atom. The van der Waals surface area contributed by atoms with E-state index in [-0.39, 0.29) is 35.6 Å². The first-order chi connectivity index (χ1) is 21.4. The molecule has 5 heterocycles. The molecule has 6 rings (SSSR count). The second-order valence-corrected chi connectivity index (χ2v) is 12.6. The normalized spacial score (nSPS) is 23.2. The molecule has 3 amide bonds. The summed E-state index contributed by atoms with van der Waals surface area (Å²) in [5.74, 6) is 1.91. The molecule has 3 atom stereocenters. The summed E-state index contributed by atoms with van der Waals surface area (Å²) >= 11 is 0. The number of aryl methyl sites for hydroxylation is 3. The maximum atomic E-state index is 13.9. The monoisotopic (exact) mass is 601 g/mol. The van der Waals surface area contributed by atoms with E-state index in [0.717, 1.165) is 47.9 Å². The second kappa shape index (κ2) is 12.9. The van der Waals surface area contributed by atoms with Gasteiger partial charge in [-0.2, -0.15) is 5.10 Å². The number of ether oxygens (including phenoxy) is 2. The predicted octanol–water partition coefficient (Wildman–Crippen LogP) is 3.81. The molecule has 1 aromatic carbocycles. The number of carbonyl (C=O) groups is 3. The Kier molecular flexibility index (Phi) is 8.77. The average Bonchev–Trinajstić information content (AvgIpc) is 3.47. The van der Waals surface area contributed by atoms with Crippen LogP contribution in [-0.2, 0) is 22.4 Å². The van der Waals surface area contributed by atoms with Crippen LogP contribution in [0.3, 0.4) is 0 Å². The quantitative estimate of drug-likeness (QED) is 0.490. The van der Waals surface area contributed by atoms with Crippen LogP contribution in [0.15, 0.2) is 36.7 Å². The number of pyridine rings is 1. The first-order valence-electron chi connectivity index (χ1n) is 15.9. The van der Waals surface area contributed by atoms with Crippen LogP contribution in [0.5, 0.6) is 11.5 Å². The number of fused-ring (bicyclic) bond motifs is 7. The van der Waals surface area contributed by atoms with E-state index in [1.165, 1.54) is 0 Å². The van der Waals surface area contributed by atoms with Crippen LogP contribution in [0.1, 0.15) is 65.6 Å². The molecule has 2 aromatic heterocycles. The van der Waals surface area contributed by atoms with Gasteiger partial charge in [-0.15, -0.1) is 0 Å². The van der Waals surface area contributed by atoms with Gasteiger partial charge in [-0.1, -0.05) is 12.1 Å². The second-order valence-electron chi connectivity index (χ2n) is 12.6. The van der Waals surface area contributed by atoms with Crippen molar-refractivity contribution >= 4 is 23.2 Å². The minimum Gasteiger partial charge on any atom is -0.493 e.